The molecule has 2 N–H and O–H groups in total. The highest BCUT2D eigenvalue weighted by Gasteiger charge is 2.27. The normalized spacial score (nSPS) is 17.7. The lowest BCUT2D eigenvalue weighted by Crippen LogP contribution is -2.29. The van der Waals surface area contributed by atoms with Gasteiger partial charge in [0.15, 0.2) is 0 Å². The number of hydrogen-bond acceptors (Lipinski definition) is 2. The van der Waals surface area contributed by atoms with E-state index in [1.165, 1.54) is 0 Å². The Morgan fingerprint density at radius 1 is 1.44 bits per heavy atom. The summed E-state index contributed by atoms with van der Waals surface area (Å²) in [6.45, 7) is 0.506. The number of nitrogens with zero attached hydrogens (tertiary/aromatic N) is 1. The average Bonchev–Trinajstić information content (AvgIpc) is 2.64. The molecule has 96 valence electrons. The van der Waals surface area contributed by atoms with Gasteiger partial charge in [-0.3, -0.25) is 4.79 Å². The number of benzene rings is 1. The Kier molecular flexibility index (Phi) is 3.22. The Morgan fingerprint density at radius 2 is 2.17 bits per heavy atom. The van der Waals surface area contributed by atoms with Gasteiger partial charge in [0.2, 0.25) is 0 Å². The molecule has 2 heterocycles. The number of aryl methyl sites for hydroxylation is 1. The number of carbonyl (C=O) groups is 1. The van der Waals surface area contributed by atoms with E-state index in [9.17, 15) is 4.79 Å². The summed E-state index contributed by atoms with van der Waals surface area (Å²) in [5.41, 5.74) is 2.28. The van der Waals surface area contributed by atoms with Gasteiger partial charge in [0.25, 0.3) is 0 Å². The van der Waals surface area contributed by atoms with Crippen LogP contribution in [0.5, 0.6) is 0 Å². The maximum atomic E-state index is 11.1. The highest BCUT2D eigenvalue weighted by atomic mass is 35.5. The molecule has 1 unspecified atom stereocenters. The second-order valence-electron chi connectivity index (χ2n) is 4.52. The molecular formula is C13H15ClN2O2. The number of fused-ring (bicyclic) bond motifs is 3. The quantitative estimate of drug-likeness (QED) is 0.833. The number of para-hydroxylation sites is 1. The molecular weight excluding hydrogens is 252 g/mol. The van der Waals surface area contributed by atoms with Crippen LogP contribution in [0.2, 0.25) is 0 Å². The molecule has 1 atom stereocenters. The van der Waals surface area contributed by atoms with E-state index in [1.807, 2.05) is 19.2 Å². The summed E-state index contributed by atoms with van der Waals surface area (Å²) >= 11 is 0. The van der Waals surface area contributed by atoms with E-state index >= 15 is 0 Å². The molecule has 0 amide bonds. The van der Waals surface area contributed by atoms with Gasteiger partial charge in [-0.25, -0.2) is 0 Å². The van der Waals surface area contributed by atoms with Crippen molar-refractivity contribution in [3.63, 3.8) is 0 Å². The van der Waals surface area contributed by atoms with Gasteiger partial charge in [-0.05, 0) is 12.5 Å². The molecule has 3 rings (SSSR count). The molecule has 2 aromatic rings. The van der Waals surface area contributed by atoms with E-state index in [1.54, 1.807) is 0 Å². The van der Waals surface area contributed by atoms with Crippen molar-refractivity contribution in [2.45, 2.75) is 6.42 Å². The molecule has 0 radical (unpaired) electrons. The molecule has 4 nitrogen and oxygen atoms in total. The van der Waals surface area contributed by atoms with Crippen molar-refractivity contribution in [1.82, 2.24) is 4.57 Å². The molecule has 1 aromatic carbocycles. The van der Waals surface area contributed by atoms with Crippen molar-refractivity contribution in [1.29, 1.82) is 0 Å². The zero-order valence-corrected chi connectivity index (χ0v) is 10.8. The Bertz CT molecular complexity index is 606. The van der Waals surface area contributed by atoms with Crippen molar-refractivity contribution in [2.75, 3.05) is 11.9 Å². The number of halogens is 1. The minimum Gasteiger partial charge on any atom is -0.481 e. The SMILES string of the molecule is Cl.Cn1c2c(c3ccccc31)CC(C(=O)O)CN2. The van der Waals surface area contributed by atoms with Crippen LogP contribution in [-0.4, -0.2) is 22.2 Å². The topological polar surface area (TPSA) is 54.3 Å². The molecule has 1 aliphatic rings. The molecule has 18 heavy (non-hydrogen) atoms. The smallest absolute Gasteiger partial charge is 0.308 e. The fourth-order valence-corrected chi connectivity index (χ4v) is 2.62. The first-order valence-electron chi connectivity index (χ1n) is 5.71. The molecule has 1 aliphatic heterocycles. The number of aliphatic carboxylic acids is 1. The Labute approximate surface area is 111 Å². The molecule has 1 aromatic heterocycles. The average molecular weight is 267 g/mol. The lowest BCUT2D eigenvalue weighted by Gasteiger charge is -2.21. The van der Waals surface area contributed by atoms with E-state index < -0.39 is 5.97 Å². The van der Waals surface area contributed by atoms with Crippen LogP contribution < -0.4 is 5.32 Å². The van der Waals surface area contributed by atoms with E-state index in [0.717, 1.165) is 22.3 Å². The number of carboxylic acid groups (broad SMARTS) is 1. The number of carboxylic acids is 1. The van der Waals surface area contributed by atoms with Crippen LogP contribution in [0.3, 0.4) is 0 Å². The van der Waals surface area contributed by atoms with Crippen molar-refractivity contribution in [2.24, 2.45) is 13.0 Å². The van der Waals surface area contributed by atoms with Crippen LogP contribution in [0.25, 0.3) is 10.9 Å². The highest BCUT2D eigenvalue weighted by Crippen LogP contribution is 2.34. The molecule has 0 saturated heterocycles. The van der Waals surface area contributed by atoms with Crippen molar-refractivity contribution in [3.05, 3.63) is 29.8 Å². The lowest BCUT2D eigenvalue weighted by atomic mass is 9.95. The summed E-state index contributed by atoms with van der Waals surface area (Å²) in [6, 6.07) is 8.11. The van der Waals surface area contributed by atoms with Gasteiger partial charge in [0, 0.05) is 30.1 Å². The van der Waals surface area contributed by atoms with Crippen LogP contribution in [0.4, 0.5) is 5.82 Å². The Hall–Kier alpha value is -1.68. The first-order valence-corrected chi connectivity index (χ1v) is 5.71. The number of aromatic nitrogens is 1. The van der Waals surface area contributed by atoms with E-state index in [2.05, 4.69) is 22.0 Å². The predicted octanol–water partition coefficient (Wildman–Crippen LogP) is 2.27. The Morgan fingerprint density at radius 3 is 2.89 bits per heavy atom. The monoisotopic (exact) mass is 266 g/mol. The molecule has 0 fully saturated rings. The third-order valence-corrected chi connectivity index (χ3v) is 3.53. The third kappa shape index (κ3) is 1.73. The van der Waals surface area contributed by atoms with Crippen LogP contribution in [0, 0.1) is 5.92 Å². The van der Waals surface area contributed by atoms with Gasteiger partial charge >= 0.3 is 5.97 Å². The fourth-order valence-electron chi connectivity index (χ4n) is 2.62. The van der Waals surface area contributed by atoms with Crippen LogP contribution in [0.1, 0.15) is 5.56 Å². The van der Waals surface area contributed by atoms with Gasteiger partial charge in [0.1, 0.15) is 5.82 Å². The predicted molar refractivity (Wildman–Crippen MR) is 73.5 cm³/mol. The second-order valence-corrected chi connectivity index (χ2v) is 4.52. The highest BCUT2D eigenvalue weighted by molar-refractivity contribution is 5.91. The summed E-state index contributed by atoms with van der Waals surface area (Å²) in [5.74, 6) is 0.00749. The first-order chi connectivity index (χ1) is 8.18. The summed E-state index contributed by atoms with van der Waals surface area (Å²) in [6.07, 6.45) is 0.610. The van der Waals surface area contributed by atoms with E-state index in [4.69, 9.17) is 5.11 Å². The zero-order valence-electron chi connectivity index (χ0n) is 10.0. The lowest BCUT2D eigenvalue weighted by molar-refractivity contribution is -0.141. The number of rotatable bonds is 1. The maximum absolute atomic E-state index is 11.1. The minimum absolute atomic E-state index is 0. The zero-order chi connectivity index (χ0) is 12.0. The standard InChI is InChI=1S/C13H14N2O2.ClH/c1-15-11-5-3-2-4-9(11)10-6-8(13(16)17)7-14-12(10)15;/h2-5,8,14H,6-7H2,1H3,(H,16,17);1H. The molecule has 0 saturated carbocycles. The van der Waals surface area contributed by atoms with Gasteiger partial charge < -0.3 is 15.0 Å². The number of anilines is 1. The maximum Gasteiger partial charge on any atom is 0.308 e. The fraction of sp³-hybridized carbons (Fsp3) is 0.308. The number of hydrogen-bond donors (Lipinski definition) is 2. The summed E-state index contributed by atoms with van der Waals surface area (Å²) in [7, 11) is 2.01. The molecule has 0 aliphatic carbocycles. The van der Waals surface area contributed by atoms with Crippen LogP contribution >= 0.6 is 12.4 Å². The van der Waals surface area contributed by atoms with E-state index in [-0.39, 0.29) is 18.3 Å². The second kappa shape index (κ2) is 4.53. The van der Waals surface area contributed by atoms with E-state index in [0.29, 0.717) is 13.0 Å². The Balaban J connectivity index is 0.00000120. The third-order valence-electron chi connectivity index (χ3n) is 3.53. The number of nitrogens with one attached hydrogen (secondary N) is 1. The minimum atomic E-state index is -0.726. The summed E-state index contributed by atoms with van der Waals surface area (Å²) in [5, 5.41) is 13.5. The molecule has 0 bridgehead atoms. The van der Waals surface area contributed by atoms with Crippen LogP contribution in [0.15, 0.2) is 24.3 Å². The van der Waals surface area contributed by atoms with Gasteiger partial charge in [-0.15, -0.1) is 12.4 Å². The largest absolute Gasteiger partial charge is 0.481 e. The molecule has 5 heteroatoms. The van der Waals surface area contributed by atoms with Crippen molar-refractivity contribution < 1.29 is 9.90 Å². The molecule has 0 spiro atoms. The van der Waals surface area contributed by atoms with Gasteiger partial charge in [0.05, 0.1) is 5.92 Å². The first kappa shape index (κ1) is 12.8. The summed E-state index contributed by atoms with van der Waals surface area (Å²) < 4.78 is 2.10. The van der Waals surface area contributed by atoms with Crippen molar-refractivity contribution >= 4 is 35.1 Å². The van der Waals surface area contributed by atoms with Crippen LogP contribution in [-0.2, 0) is 18.3 Å². The van der Waals surface area contributed by atoms with Crippen molar-refractivity contribution in [3.8, 4) is 0 Å². The van der Waals surface area contributed by atoms with Gasteiger partial charge in [-0.2, -0.15) is 0 Å². The van der Waals surface area contributed by atoms with Gasteiger partial charge in [-0.1, -0.05) is 18.2 Å². The summed E-state index contributed by atoms with van der Waals surface area (Å²) in [4.78, 5) is 11.1.